The van der Waals surface area contributed by atoms with Crippen molar-refractivity contribution in [1.82, 2.24) is 4.90 Å². The topological polar surface area (TPSA) is 49.5 Å². The number of hydrogen-bond acceptors (Lipinski definition) is 3. The van der Waals surface area contributed by atoms with Gasteiger partial charge >= 0.3 is 0 Å². The number of rotatable bonds is 10. The molecule has 2 atom stereocenters. The molecule has 0 amide bonds. The second kappa shape index (κ2) is 9.12. The van der Waals surface area contributed by atoms with Gasteiger partial charge in [-0.2, -0.15) is 0 Å². The monoisotopic (exact) mass is 298 g/mol. The average molecular weight is 299 g/mol. The molecule has 1 fully saturated rings. The summed E-state index contributed by atoms with van der Waals surface area (Å²) in [4.78, 5) is 2.62. The van der Waals surface area contributed by atoms with Crippen LogP contribution in [0.3, 0.4) is 0 Å². The van der Waals surface area contributed by atoms with Crippen LogP contribution in [0.15, 0.2) is 0 Å². The number of aliphatic hydroxyl groups is 1. The molecular weight excluding hydrogens is 260 g/mol. The zero-order valence-electron chi connectivity index (χ0n) is 14.8. The van der Waals surface area contributed by atoms with E-state index >= 15 is 0 Å². The highest BCUT2D eigenvalue weighted by atomic mass is 16.3. The molecular formula is C18H38N2O. The first kappa shape index (κ1) is 18.9. The molecule has 2 unspecified atom stereocenters. The first-order valence-electron chi connectivity index (χ1n) is 8.99. The van der Waals surface area contributed by atoms with Gasteiger partial charge in [0.15, 0.2) is 0 Å². The molecule has 0 heterocycles. The number of nitrogens with zero attached hydrogens (tertiary/aromatic N) is 1. The Morgan fingerprint density at radius 3 is 2.14 bits per heavy atom. The Hall–Kier alpha value is -0.120. The highest BCUT2D eigenvalue weighted by molar-refractivity contribution is 4.96. The van der Waals surface area contributed by atoms with Crippen molar-refractivity contribution >= 4 is 0 Å². The van der Waals surface area contributed by atoms with Crippen LogP contribution in [0.2, 0.25) is 0 Å². The summed E-state index contributed by atoms with van der Waals surface area (Å²) < 4.78 is 0. The SMILES string of the molecule is CC(C)CCN(CCC(C)C)CCC1CCCC1(N)CO. The fourth-order valence-electron chi connectivity index (χ4n) is 3.36. The first-order chi connectivity index (χ1) is 9.87. The second-order valence-corrected chi connectivity index (χ2v) is 7.98. The quantitative estimate of drug-likeness (QED) is 0.651. The van der Waals surface area contributed by atoms with E-state index in [4.69, 9.17) is 5.73 Å². The molecule has 1 rings (SSSR count). The molecule has 0 aromatic carbocycles. The van der Waals surface area contributed by atoms with Gasteiger partial charge in [-0.1, -0.05) is 34.1 Å². The smallest absolute Gasteiger partial charge is 0.0613 e. The van der Waals surface area contributed by atoms with Crippen LogP contribution >= 0.6 is 0 Å². The molecule has 3 heteroatoms. The summed E-state index contributed by atoms with van der Waals surface area (Å²) in [5, 5.41) is 9.57. The van der Waals surface area contributed by atoms with Crippen LogP contribution in [0.1, 0.15) is 66.2 Å². The summed E-state index contributed by atoms with van der Waals surface area (Å²) in [6, 6.07) is 0. The molecule has 0 aromatic heterocycles. The van der Waals surface area contributed by atoms with Gasteiger partial charge < -0.3 is 15.7 Å². The minimum Gasteiger partial charge on any atom is -0.394 e. The number of hydrogen-bond donors (Lipinski definition) is 2. The molecule has 3 nitrogen and oxygen atoms in total. The van der Waals surface area contributed by atoms with E-state index in [0.717, 1.165) is 31.2 Å². The standard InChI is InChI=1S/C18H38N2O/c1-15(2)7-11-20(12-8-16(3)4)13-9-17-6-5-10-18(17,19)14-21/h15-17,21H,5-14,19H2,1-4H3. The Balaban J connectivity index is 2.43. The summed E-state index contributed by atoms with van der Waals surface area (Å²) >= 11 is 0. The molecule has 21 heavy (non-hydrogen) atoms. The van der Waals surface area contributed by atoms with E-state index in [1.807, 2.05) is 0 Å². The van der Waals surface area contributed by atoms with E-state index in [-0.39, 0.29) is 12.1 Å². The van der Waals surface area contributed by atoms with Gasteiger partial charge in [0.25, 0.3) is 0 Å². The molecule has 0 aliphatic heterocycles. The summed E-state index contributed by atoms with van der Waals surface area (Å²) in [5.41, 5.74) is 6.06. The van der Waals surface area contributed by atoms with Gasteiger partial charge in [0, 0.05) is 5.54 Å². The lowest BCUT2D eigenvalue weighted by Gasteiger charge is -2.32. The van der Waals surface area contributed by atoms with Gasteiger partial charge in [0.1, 0.15) is 0 Å². The van der Waals surface area contributed by atoms with Crippen molar-refractivity contribution in [3.05, 3.63) is 0 Å². The van der Waals surface area contributed by atoms with Crippen molar-refractivity contribution in [3.63, 3.8) is 0 Å². The zero-order valence-corrected chi connectivity index (χ0v) is 14.8. The van der Waals surface area contributed by atoms with E-state index in [9.17, 15) is 5.11 Å². The van der Waals surface area contributed by atoms with Crippen molar-refractivity contribution < 1.29 is 5.11 Å². The van der Waals surface area contributed by atoms with Gasteiger partial charge in [-0.15, -0.1) is 0 Å². The number of nitrogens with two attached hydrogens (primary N) is 1. The van der Waals surface area contributed by atoms with E-state index in [0.29, 0.717) is 5.92 Å². The summed E-state index contributed by atoms with van der Waals surface area (Å²) in [7, 11) is 0. The molecule has 1 saturated carbocycles. The normalized spacial score (nSPS) is 26.4. The highest BCUT2D eigenvalue weighted by Crippen LogP contribution is 2.35. The molecule has 1 aliphatic rings. The summed E-state index contributed by atoms with van der Waals surface area (Å²) in [5.74, 6) is 2.04. The third-order valence-corrected chi connectivity index (χ3v) is 5.14. The maximum absolute atomic E-state index is 9.57. The lowest BCUT2D eigenvalue weighted by Crippen LogP contribution is -2.48. The van der Waals surface area contributed by atoms with Crippen LogP contribution in [0.5, 0.6) is 0 Å². The van der Waals surface area contributed by atoms with E-state index in [2.05, 4.69) is 32.6 Å². The molecule has 0 aromatic rings. The van der Waals surface area contributed by atoms with Crippen LogP contribution in [0.4, 0.5) is 0 Å². The Labute approximate surface area is 132 Å². The molecule has 1 aliphatic carbocycles. The average Bonchev–Trinajstić information content (AvgIpc) is 2.79. The van der Waals surface area contributed by atoms with Gasteiger partial charge in [0.2, 0.25) is 0 Å². The van der Waals surface area contributed by atoms with Gasteiger partial charge in [-0.3, -0.25) is 0 Å². The van der Waals surface area contributed by atoms with E-state index in [1.165, 1.54) is 38.8 Å². The fraction of sp³-hybridized carbons (Fsp3) is 1.00. The minimum absolute atomic E-state index is 0.148. The van der Waals surface area contributed by atoms with Crippen LogP contribution < -0.4 is 5.73 Å². The van der Waals surface area contributed by atoms with Gasteiger partial charge in [0.05, 0.1) is 6.61 Å². The summed E-state index contributed by atoms with van der Waals surface area (Å²) in [6.07, 6.45) is 7.06. The maximum Gasteiger partial charge on any atom is 0.0613 e. The molecule has 0 radical (unpaired) electrons. The Morgan fingerprint density at radius 1 is 1.10 bits per heavy atom. The second-order valence-electron chi connectivity index (χ2n) is 7.98. The fourth-order valence-corrected chi connectivity index (χ4v) is 3.36. The first-order valence-corrected chi connectivity index (χ1v) is 8.99. The van der Waals surface area contributed by atoms with Crippen LogP contribution in [-0.2, 0) is 0 Å². The molecule has 0 spiro atoms. The minimum atomic E-state index is -0.304. The van der Waals surface area contributed by atoms with E-state index < -0.39 is 0 Å². The lowest BCUT2D eigenvalue weighted by molar-refractivity contribution is 0.141. The third kappa shape index (κ3) is 6.66. The Kier molecular flexibility index (Phi) is 8.22. The van der Waals surface area contributed by atoms with Gasteiger partial charge in [-0.25, -0.2) is 0 Å². The Morgan fingerprint density at radius 2 is 1.67 bits per heavy atom. The largest absolute Gasteiger partial charge is 0.394 e. The van der Waals surface area contributed by atoms with Crippen molar-refractivity contribution in [2.24, 2.45) is 23.5 Å². The van der Waals surface area contributed by atoms with Crippen molar-refractivity contribution in [1.29, 1.82) is 0 Å². The van der Waals surface area contributed by atoms with E-state index in [1.54, 1.807) is 0 Å². The van der Waals surface area contributed by atoms with Crippen LogP contribution in [0, 0.1) is 17.8 Å². The lowest BCUT2D eigenvalue weighted by atomic mass is 9.86. The zero-order chi connectivity index (χ0) is 15.9. The molecule has 3 N–H and O–H groups in total. The third-order valence-electron chi connectivity index (χ3n) is 5.14. The van der Waals surface area contributed by atoms with Crippen molar-refractivity contribution in [2.75, 3.05) is 26.2 Å². The van der Waals surface area contributed by atoms with Crippen LogP contribution in [0.25, 0.3) is 0 Å². The number of aliphatic hydroxyl groups excluding tert-OH is 1. The Bertz CT molecular complexity index is 268. The molecule has 0 bridgehead atoms. The predicted molar refractivity (Wildman–Crippen MR) is 91.3 cm³/mol. The predicted octanol–water partition coefficient (Wildman–Crippen LogP) is 3.26. The maximum atomic E-state index is 9.57. The molecule has 0 saturated heterocycles. The summed E-state index contributed by atoms with van der Waals surface area (Å²) in [6.45, 7) is 12.9. The highest BCUT2D eigenvalue weighted by Gasteiger charge is 2.38. The molecule has 126 valence electrons. The van der Waals surface area contributed by atoms with Crippen molar-refractivity contribution in [3.8, 4) is 0 Å². The van der Waals surface area contributed by atoms with Gasteiger partial charge in [-0.05, 0) is 69.5 Å². The van der Waals surface area contributed by atoms with Crippen LogP contribution in [-0.4, -0.2) is 41.8 Å². The van der Waals surface area contributed by atoms with Crippen molar-refractivity contribution in [2.45, 2.75) is 71.8 Å².